The molecule has 36 heavy (non-hydrogen) atoms. The maximum absolute atomic E-state index is 13.6. The van der Waals surface area contributed by atoms with E-state index in [4.69, 9.17) is 16.1 Å². The molecule has 8 nitrogen and oxygen atoms in total. The van der Waals surface area contributed by atoms with Gasteiger partial charge in [-0.3, -0.25) is 9.59 Å². The van der Waals surface area contributed by atoms with Crippen molar-refractivity contribution in [3.8, 4) is 22.8 Å². The molecule has 0 aliphatic heterocycles. The molecule has 0 aliphatic carbocycles. The van der Waals surface area contributed by atoms with Crippen LogP contribution in [0.15, 0.2) is 70.1 Å². The smallest absolute Gasteiger partial charge is 0.263 e. The van der Waals surface area contributed by atoms with Gasteiger partial charge in [-0.2, -0.15) is 4.98 Å². The van der Waals surface area contributed by atoms with E-state index in [-0.39, 0.29) is 40.5 Å². The first-order valence-electron chi connectivity index (χ1n) is 11.0. The first-order chi connectivity index (χ1) is 17.3. The number of halogens is 2. The molecule has 1 N–H and O–H groups in total. The molecule has 0 unspecified atom stereocenters. The number of fused-ring (bicyclic) bond motifs is 1. The molecule has 5 aromatic rings. The van der Waals surface area contributed by atoms with E-state index in [1.807, 2.05) is 6.92 Å². The number of hydrogen-bond acceptors (Lipinski definition) is 6. The number of nitrogens with zero attached hydrogens (tertiary/aromatic N) is 4. The second kappa shape index (κ2) is 9.35. The standard InChI is InChI=1S/C26H19ClFN5O3/c1-14-9-10-18-23(35)19(26-31-24(32-36-26)16-5-3-6-17(28)11-16)12-33(25(18)29-14)13-22(34)30-21-8-4-7-20(27)15(21)2/h3-12H,13H2,1-2H3,(H,30,34). The molecule has 0 saturated carbocycles. The minimum Gasteiger partial charge on any atom is -0.333 e. The topological polar surface area (TPSA) is 103 Å². The third-order valence-electron chi connectivity index (χ3n) is 5.66. The van der Waals surface area contributed by atoms with Gasteiger partial charge < -0.3 is 14.4 Å². The Morgan fingerprint density at radius 3 is 2.72 bits per heavy atom. The van der Waals surface area contributed by atoms with Crippen LogP contribution in [0.25, 0.3) is 33.9 Å². The predicted molar refractivity (Wildman–Crippen MR) is 134 cm³/mol. The maximum Gasteiger partial charge on any atom is 0.263 e. The fourth-order valence-electron chi connectivity index (χ4n) is 3.80. The van der Waals surface area contributed by atoms with E-state index in [0.29, 0.717) is 27.6 Å². The van der Waals surface area contributed by atoms with Crippen molar-refractivity contribution in [2.75, 3.05) is 5.32 Å². The van der Waals surface area contributed by atoms with Gasteiger partial charge in [-0.1, -0.05) is 35.0 Å². The Balaban J connectivity index is 1.56. The molecule has 0 spiro atoms. The number of amides is 1. The number of carbonyl (C=O) groups excluding carboxylic acids is 1. The lowest BCUT2D eigenvalue weighted by molar-refractivity contribution is -0.116. The van der Waals surface area contributed by atoms with E-state index < -0.39 is 5.82 Å². The van der Waals surface area contributed by atoms with Gasteiger partial charge in [-0.25, -0.2) is 9.37 Å². The fraction of sp³-hybridized carbons (Fsp3) is 0.115. The van der Waals surface area contributed by atoms with Crippen molar-refractivity contribution in [2.45, 2.75) is 20.4 Å². The molecule has 180 valence electrons. The Bertz CT molecular complexity index is 1700. The van der Waals surface area contributed by atoms with Crippen LogP contribution in [0.5, 0.6) is 0 Å². The Morgan fingerprint density at radius 2 is 1.92 bits per heavy atom. The zero-order valence-corrected chi connectivity index (χ0v) is 20.0. The van der Waals surface area contributed by atoms with Crippen molar-refractivity contribution in [3.63, 3.8) is 0 Å². The van der Waals surface area contributed by atoms with Crippen molar-refractivity contribution in [3.05, 3.63) is 93.1 Å². The highest BCUT2D eigenvalue weighted by molar-refractivity contribution is 6.31. The van der Waals surface area contributed by atoms with Crippen molar-refractivity contribution >= 4 is 34.2 Å². The number of pyridine rings is 2. The van der Waals surface area contributed by atoms with Crippen molar-refractivity contribution in [1.29, 1.82) is 0 Å². The highest BCUT2D eigenvalue weighted by Gasteiger charge is 2.19. The lowest BCUT2D eigenvalue weighted by Gasteiger charge is -2.13. The second-order valence-corrected chi connectivity index (χ2v) is 8.62. The molecular formula is C26H19ClFN5O3. The summed E-state index contributed by atoms with van der Waals surface area (Å²) in [6.07, 6.45) is 1.46. The van der Waals surface area contributed by atoms with Crippen LogP contribution in [0.2, 0.25) is 5.02 Å². The molecule has 0 bridgehead atoms. The molecular weight excluding hydrogens is 485 g/mol. The summed E-state index contributed by atoms with van der Waals surface area (Å²) in [5.74, 6) is -0.715. The Kier molecular flexibility index (Phi) is 6.07. The van der Waals surface area contributed by atoms with Gasteiger partial charge in [0.1, 0.15) is 23.6 Å². The number of aryl methyl sites for hydroxylation is 1. The number of rotatable bonds is 5. The van der Waals surface area contributed by atoms with Gasteiger partial charge >= 0.3 is 0 Å². The number of anilines is 1. The average Bonchev–Trinajstić information content (AvgIpc) is 3.34. The van der Waals surface area contributed by atoms with Crippen LogP contribution in [0.1, 0.15) is 11.3 Å². The summed E-state index contributed by atoms with van der Waals surface area (Å²) in [6, 6.07) is 14.3. The van der Waals surface area contributed by atoms with Crippen LogP contribution >= 0.6 is 11.6 Å². The molecule has 10 heteroatoms. The minimum absolute atomic E-state index is 0.0541. The largest absolute Gasteiger partial charge is 0.333 e. The van der Waals surface area contributed by atoms with Crippen LogP contribution in [-0.2, 0) is 11.3 Å². The summed E-state index contributed by atoms with van der Waals surface area (Å²) >= 11 is 6.17. The highest BCUT2D eigenvalue weighted by Crippen LogP contribution is 2.24. The normalized spacial score (nSPS) is 11.1. The lowest BCUT2D eigenvalue weighted by Crippen LogP contribution is -2.22. The summed E-state index contributed by atoms with van der Waals surface area (Å²) in [6.45, 7) is 3.46. The monoisotopic (exact) mass is 503 g/mol. The van der Waals surface area contributed by atoms with E-state index in [2.05, 4.69) is 20.4 Å². The van der Waals surface area contributed by atoms with Gasteiger partial charge in [-0.15, -0.1) is 0 Å². The number of hydrogen-bond donors (Lipinski definition) is 1. The molecule has 0 aliphatic rings. The number of benzene rings is 2. The summed E-state index contributed by atoms with van der Waals surface area (Å²) in [7, 11) is 0. The number of nitrogens with one attached hydrogen (secondary N) is 1. The highest BCUT2D eigenvalue weighted by atomic mass is 35.5. The van der Waals surface area contributed by atoms with E-state index >= 15 is 0 Å². The maximum atomic E-state index is 13.6. The Morgan fingerprint density at radius 1 is 1.11 bits per heavy atom. The molecule has 0 saturated heterocycles. The summed E-state index contributed by atoms with van der Waals surface area (Å²) in [5, 5.41) is 7.56. The quantitative estimate of drug-likeness (QED) is 0.355. The van der Waals surface area contributed by atoms with Crippen molar-refractivity contribution < 1.29 is 13.7 Å². The fourth-order valence-corrected chi connectivity index (χ4v) is 3.97. The third kappa shape index (κ3) is 4.48. The Hall–Kier alpha value is -4.37. The van der Waals surface area contributed by atoms with E-state index in [1.165, 1.54) is 24.4 Å². The van der Waals surface area contributed by atoms with Gasteiger partial charge in [0.25, 0.3) is 5.89 Å². The summed E-state index contributed by atoms with van der Waals surface area (Å²) in [4.78, 5) is 35.0. The molecule has 0 fully saturated rings. The molecule has 3 heterocycles. The van der Waals surface area contributed by atoms with Gasteiger partial charge in [0.15, 0.2) is 0 Å². The average molecular weight is 504 g/mol. The van der Waals surface area contributed by atoms with Crippen LogP contribution in [0, 0.1) is 19.7 Å². The zero-order valence-electron chi connectivity index (χ0n) is 19.3. The minimum atomic E-state index is -0.450. The van der Waals surface area contributed by atoms with Gasteiger partial charge in [0.2, 0.25) is 17.2 Å². The van der Waals surface area contributed by atoms with Crippen LogP contribution in [-0.4, -0.2) is 25.6 Å². The van der Waals surface area contributed by atoms with E-state index in [0.717, 1.165) is 5.56 Å². The number of aromatic nitrogens is 4. The SMILES string of the molecule is Cc1ccc2c(=O)c(-c3nc(-c4cccc(F)c4)no3)cn(CC(=O)Nc3cccc(Cl)c3C)c2n1. The Labute approximate surface area is 209 Å². The number of carbonyl (C=O) groups is 1. The van der Waals surface area contributed by atoms with E-state index in [1.54, 1.807) is 47.9 Å². The van der Waals surface area contributed by atoms with E-state index in [9.17, 15) is 14.0 Å². The molecule has 0 radical (unpaired) electrons. The predicted octanol–water partition coefficient (Wildman–Crippen LogP) is 5.16. The van der Waals surface area contributed by atoms with Crippen LogP contribution < -0.4 is 10.7 Å². The lowest BCUT2D eigenvalue weighted by atomic mass is 10.1. The molecule has 3 aromatic heterocycles. The first-order valence-corrected chi connectivity index (χ1v) is 11.3. The second-order valence-electron chi connectivity index (χ2n) is 8.22. The van der Waals surface area contributed by atoms with Crippen molar-refractivity contribution in [1.82, 2.24) is 19.7 Å². The van der Waals surface area contributed by atoms with Crippen LogP contribution in [0.3, 0.4) is 0 Å². The molecule has 0 atom stereocenters. The van der Waals surface area contributed by atoms with Gasteiger partial charge in [0, 0.05) is 28.2 Å². The van der Waals surface area contributed by atoms with Gasteiger partial charge in [-0.05, 0) is 55.8 Å². The summed E-state index contributed by atoms with van der Waals surface area (Å²) < 4.78 is 20.5. The first kappa shape index (κ1) is 23.4. The molecule has 1 amide bonds. The van der Waals surface area contributed by atoms with Crippen molar-refractivity contribution in [2.24, 2.45) is 0 Å². The third-order valence-corrected chi connectivity index (χ3v) is 6.07. The molecule has 5 rings (SSSR count). The van der Waals surface area contributed by atoms with Gasteiger partial charge in [0.05, 0.1) is 5.39 Å². The van der Waals surface area contributed by atoms with Crippen LogP contribution in [0.4, 0.5) is 10.1 Å². The zero-order chi connectivity index (χ0) is 25.4. The molecule has 2 aromatic carbocycles. The summed E-state index contributed by atoms with van der Waals surface area (Å²) in [5.41, 5.74) is 2.46.